The first-order valence-corrected chi connectivity index (χ1v) is 7.73. The molecular formula is C15H18ClN5O. The fraction of sp³-hybridized carbons (Fsp3) is 0.400. The van der Waals surface area contributed by atoms with Gasteiger partial charge in [0.15, 0.2) is 5.69 Å². The van der Waals surface area contributed by atoms with Crippen LogP contribution in [0.15, 0.2) is 24.3 Å². The lowest BCUT2D eigenvalue weighted by molar-refractivity contribution is 0.0925. The van der Waals surface area contributed by atoms with Crippen LogP contribution >= 0.6 is 11.6 Å². The minimum absolute atomic E-state index is 0.150. The van der Waals surface area contributed by atoms with Crippen molar-refractivity contribution in [2.45, 2.75) is 25.8 Å². The maximum atomic E-state index is 12.4. The van der Waals surface area contributed by atoms with Crippen LogP contribution in [-0.2, 0) is 0 Å². The van der Waals surface area contributed by atoms with E-state index in [-0.39, 0.29) is 11.9 Å². The van der Waals surface area contributed by atoms with E-state index in [9.17, 15) is 4.79 Å². The van der Waals surface area contributed by atoms with Crippen LogP contribution in [0.3, 0.4) is 0 Å². The summed E-state index contributed by atoms with van der Waals surface area (Å²) in [5.74, 6) is -0.181. The van der Waals surface area contributed by atoms with Gasteiger partial charge < -0.3 is 10.6 Å². The maximum Gasteiger partial charge on any atom is 0.274 e. The molecule has 1 amide bonds. The third-order valence-corrected chi connectivity index (χ3v) is 4.03. The molecule has 1 aliphatic rings. The molecule has 0 aliphatic carbocycles. The topological polar surface area (TPSA) is 71.8 Å². The first-order valence-electron chi connectivity index (χ1n) is 7.35. The highest BCUT2D eigenvalue weighted by molar-refractivity contribution is 6.30. The van der Waals surface area contributed by atoms with E-state index in [2.05, 4.69) is 20.9 Å². The summed E-state index contributed by atoms with van der Waals surface area (Å²) in [6, 6.07) is 7.45. The van der Waals surface area contributed by atoms with E-state index in [0.717, 1.165) is 31.6 Å². The molecule has 2 aromatic rings. The first kappa shape index (κ1) is 15.0. The van der Waals surface area contributed by atoms with E-state index >= 15 is 0 Å². The molecule has 6 nitrogen and oxygen atoms in total. The molecule has 22 heavy (non-hydrogen) atoms. The Morgan fingerprint density at radius 3 is 3.09 bits per heavy atom. The number of nitrogens with zero attached hydrogens (tertiary/aromatic N) is 3. The van der Waals surface area contributed by atoms with Gasteiger partial charge in [-0.15, -0.1) is 5.10 Å². The van der Waals surface area contributed by atoms with Crippen molar-refractivity contribution in [3.8, 4) is 5.69 Å². The van der Waals surface area contributed by atoms with E-state index in [1.54, 1.807) is 16.8 Å². The Kier molecular flexibility index (Phi) is 4.40. The summed E-state index contributed by atoms with van der Waals surface area (Å²) in [7, 11) is 0. The molecule has 116 valence electrons. The molecule has 1 saturated heterocycles. The Morgan fingerprint density at radius 1 is 1.50 bits per heavy atom. The van der Waals surface area contributed by atoms with Crippen LogP contribution < -0.4 is 10.6 Å². The number of benzene rings is 1. The van der Waals surface area contributed by atoms with E-state index in [1.807, 2.05) is 19.1 Å². The average molecular weight is 320 g/mol. The van der Waals surface area contributed by atoms with Gasteiger partial charge in [-0.3, -0.25) is 4.79 Å². The summed E-state index contributed by atoms with van der Waals surface area (Å²) in [6.45, 7) is 3.64. The minimum atomic E-state index is -0.181. The molecule has 1 atom stereocenters. The number of amides is 1. The smallest absolute Gasteiger partial charge is 0.274 e. The molecule has 2 N–H and O–H groups in total. The molecule has 0 radical (unpaired) electrons. The summed E-state index contributed by atoms with van der Waals surface area (Å²) < 4.78 is 1.62. The van der Waals surface area contributed by atoms with Gasteiger partial charge in [0, 0.05) is 17.6 Å². The van der Waals surface area contributed by atoms with Crippen molar-refractivity contribution in [1.29, 1.82) is 0 Å². The van der Waals surface area contributed by atoms with Gasteiger partial charge in [0.05, 0.1) is 11.4 Å². The Balaban J connectivity index is 1.79. The predicted molar refractivity (Wildman–Crippen MR) is 84.5 cm³/mol. The number of piperidine rings is 1. The molecule has 1 aliphatic heterocycles. The first-order chi connectivity index (χ1) is 10.6. The van der Waals surface area contributed by atoms with Gasteiger partial charge in [-0.05, 0) is 44.5 Å². The fourth-order valence-electron chi connectivity index (χ4n) is 2.62. The van der Waals surface area contributed by atoms with Gasteiger partial charge >= 0.3 is 0 Å². The highest BCUT2D eigenvalue weighted by Gasteiger charge is 2.21. The zero-order valence-electron chi connectivity index (χ0n) is 12.3. The largest absolute Gasteiger partial charge is 0.347 e. The molecule has 1 fully saturated rings. The predicted octanol–water partition coefficient (Wildman–Crippen LogP) is 1.71. The van der Waals surface area contributed by atoms with Crippen molar-refractivity contribution in [3.05, 3.63) is 40.7 Å². The number of nitrogens with one attached hydrogen (secondary N) is 2. The summed E-state index contributed by atoms with van der Waals surface area (Å²) in [6.07, 6.45) is 2.05. The summed E-state index contributed by atoms with van der Waals surface area (Å²) in [4.78, 5) is 12.4. The Labute approximate surface area is 133 Å². The minimum Gasteiger partial charge on any atom is -0.347 e. The van der Waals surface area contributed by atoms with E-state index in [4.69, 9.17) is 11.6 Å². The Morgan fingerprint density at radius 2 is 2.36 bits per heavy atom. The number of halogens is 1. The standard InChI is InChI=1S/C15H18ClN5O/c1-10-14(15(22)18-12-5-3-7-17-9-12)19-20-21(10)13-6-2-4-11(16)8-13/h2,4,6,8,12,17H,3,5,7,9H2,1H3,(H,18,22)/t12-/m0/s1. The van der Waals surface area contributed by atoms with Crippen LogP contribution in [0.2, 0.25) is 5.02 Å². The van der Waals surface area contributed by atoms with Crippen molar-refractivity contribution >= 4 is 17.5 Å². The SMILES string of the molecule is Cc1c(C(=O)N[C@H]2CCCNC2)nnn1-c1cccc(Cl)c1. The number of hydrogen-bond acceptors (Lipinski definition) is 4. The number of carbonyl (C=O) groups is 1. The second-order valence-corrected chi connectivity index (χ2v) is 5.87. The highest BCUT2D eigenvalue weighted by Crippen LogP contribution is 2.17. The van der Waals surface area contributed by atoms with Gasteiger partial charge in [0.2, 0.25) is 0 Å². The van der Waals surface area contributed by atoms with Crippen LogP contribution in [0.4, 0.5) is 0 Å². The molecule has 1 aromatic carbocycles. The van der Waals surface area contributed by atoms with E-state index < -0.39 is 0 Å². The van der Waals surface area contributed by atoms with Gasteiger partial charge in [0.25, 0.3) is 5.91 Å². The van der Waals surface area contributed by atoms with Crippen LogP contribution in [-0.4, -0.2) is 40.0 Å². The van der Waals surface area contributed by atoms with Crippen LogP contribution in [0.1, 0.15) is 29.0 Å². The van der Waals surface area contributed by atoms with Crippen molar-refractivity contribution in [2.24, 2.45) is 0 Å². The van der Waals surface area contributed by atoms with E-state index in [0.29, 0.717) is 16.4 Å². The zero-order chi connectivity index (χ0) is 15.5. The van der Waals surface area contributed by atoms with Gasteiger partial charge in [-0.2, -0.15) is 0 Å². The van der Waals surface area contributed by atoms with Gasteiger partial charge in [0.1, 0.15) is 0 Å². The Bertz CT molecular complexity index is 678. The van der Waals surface area contributed by atoms with E-state index in [1.165, 1.54) is 0 Å². The average Bonchev–Trinajstić information content (AvgIpc) is 2.90. The molecule has 7 heteroatoms. The van der Waals surface area contributed by atoms with Crippen LogP contribution in [0.5, 0.6) is 0 Å². The molecule has 0 spiro atoms. The second-order valence-electron chi connectivity index (χ2n) is 5.43. The summed E-state index contributed by atoms with van der Waals surface area (Å²) >= 11 is 6.00. The van der Waals surface area contributed by atoms with Crippen LogP contribution in [0, 0.1) is 6.92 Å². The third kappa shape index (κ3) is 3.13. The molecule has 0 bridgehead atoms. The summed E-state index contributed by atoms with van der Waals surface area (Å²) in [5.41, 5.74) is 1.84. The normalized spacial score (nSPS) is 18.2. The third-order valence-electron chi connectivity index (χ3n) is 3.79. The quantitative estimate of drug-likeness (QED) is 0.903. The number of rotatable bonds is 3. The molecule has 2 heterocycles. The number of carbonyl (C=O) groups excluding carboxylic acids is 1. The fourth-order valence-corrected chi connectivity index (χ4v) is 2.81. The molecular weight excluding hydrogens is 302 g/mol. The zero-order valence-corrected chi connectivity index (χ0v) is 13.1. The number of hydrogen-bond donors (Lipinski definition) is 2. The van der Waals surface area contributed by atoms with Crippen molar-refractivity contribution in [3.63, 3.8) is 0 Å². The molecule has 0 unspecified atom stereocenters. The van der Waals surface area contributed by atoms with Crippen LogP contribution in [0.25, 0.3) is 5.69 Å². The lowest BCUT2D eigenvalue weighted by Crippen LogP contribution is -2.45. The monoisotopic (exact) mass is 319 g/mol. The Hall–Kier alpha value is -1.92. The van der Waals surface area contributed by atoms with Gasteiger partial charge in [-0.1, -0.05) is 22.9 Å². The van der Waals surface area contributed by atoms with Gasteiger partial charge in [-0.25, -0.2) is 4.68 Å². The lowest BCUT2D eigenvalue weighted by atomic mass is 10.1. The number of aromatic nitrogens is 3. The lowest BCUT2D eigenvalue weighted by Gasteiger charge is -2.23. The highest BCUT2D eigenvalue weighted by atomic mass is 35.5. The molecule has 1 aromatic heterocycles. The maximum absolute atomic E-state index is 12.4. The van der Waals surface area contributed by atoms with Crippen molar-refractivity contribution in [2.75, 3.05) is 13.1 Å². The summed E-state index contributed by atoms with van der Waals surface area (Å²) in [5, 5.41) is 15.0. The van der Waals surface area contributed by atoms with Crippen molar-refractivity contribution in [1.82, 2.24) is 25.6 Å². The molecule has 0 saturated carbocycles. The second kappa shape index (κ2) is 6.46. The molecule has 3 rings (SSSR count). The van der Waals surface area contributed by atoms with Crippen molar-refractivity contribution < 1.29 is 4.79 Å².